The fraction of sp³-hybridized carbons (Fsp3) is 1.00. The van der Waals surface area contributed by atoms with E-state index in [4.69, 9.17) is 10.2 Å². The van der Waals surface area contributed by atoms with Gasteiger partial charge in [0.05, 0.1) is 0 Å². The van der Waals surface area contributed by atoms with Crippen molar-refractivity contribution >= 4 is 0 Å². The van der Waals surface area contributed by atoms with Crippen molar-refractivity contribution in [2.75, 3.05) is 13.2 Å². The molecule has 0 aliphatic heterocycles. The van der Waals surface area contributed by atoms with Crippen LogP contribution in [-0.4, -0.2) is 23.4 Å². The molecule has 104 valence electrons. The summed E-state index contributed by atoms with van der Waals surface area (Å²) in [6.45, 7) is 5.05. The molecule has 2 N–H and O–H groups in total. The van der Waals surface area contributed by atoms with Crippen LogP contribution < -0.4 is 0 Å². The monoisotopic (exact) mass is 244 g/mol. The Kier molecular flexibility index (Phi) is 12.3. The molecule has 0 aromatic rings. The van der Waals surface area contributed by atoms with Crippen molar-refractivity contribution in [3.05, 3.63) is 0 Å². The van der Waals surface area contributed by atoms with Gasteiger partial charge in [0.1, 0.15) is 0 Å². The Hall–Kier alpha value is -0.0800. The maximum Gasteiger partial charge on any atom is 0.0459 e. The van der Waals surface area contributed by atoms with Crippen LogP contribution in [0.5, 0.6) is 0 Å². The highest BCUT2D eigenvalue weighted by Crippen LogP contribution is 2.21. The van der Waals surface area contributed by atoms with Gasteiger partial charge >= 0.3 is 0 Å². The van der Waals surface area contributed by atoms with Crippen LogP contribution in [0.3, 0.4) is 0 Å². The lowest BCUT2D eigenvalue weighted by Gasteiger charge is -2.16. The van der Waals surface area contributed by atoms with E-state index >= 15 is 0 Å². The molecule has 0 aliphatic carbocycles. The molecule has 0 rings (SSSR count). The largest absolute Gasteiger partial charge is 0.396 e. The van der Waals surface area contributed by atoms with Crippen LogP contribution in [0.2, 0.25) is 0 Å². The van der Waals surface area contributed by atoms with Crippen LogP contribution in [-0.2, 0) is 0 Å². The van der Waals surface area contributed by atoms with Crippen LogP contribution in [0.1, 0.15) is 71.6 Å². The first-order chi connectivity index (χ1) is 8.28. The smallest absolute Gasteiger partial charge is 0.0459 e. The summed E-state index contributed by atoms with van der Waals surface area (Å²) in [7, 11) is 0. The highest BCUT2D eigenvalue weighted by atomic mass is 16.3. The fourth-order valence-electron chi connectivity index (χ4n) is 2.40. The summed E-state index contributed by atoms with van der Waals surface area (Å²) >= 11 is 0. The van der Waals surface area contributed by atoms with Crippen LogP contribution in [0.25, 0.3) is 0 Å². The van der Waals surface area contributed by atoms with E-state index in [0.29, 0.717) is 25.0 Å². The number of hydrogen-bond donors (Lipinski definition) is 2. The Morgan fingerprint density at radius 2 is 1.35 bits per heavy atom. The summed E-state index contributed by atoms with van der Waals surface area (Å²) in [6, 6.07) is 0. The highest BCUT2D eigenvalue weighted by Gasteiger charge is 2.09. The molecule has 2 atom stereocenters. The second kappa shape index (κ2) is 12.4. The van der Waals surface area contributed by atoms with E-state index in [1.54, 1.807) is 0 Å². The van der Waals surface area contributed by atoms with Crippen molar-refractivity contribution in [3.63, 3.8) is 0 Å². The molecule has 0 amide bonds. The number of aliphatic hydroxyl groups excluding tert-OH is 2. The second-order valence-corrected chi connectivity index (χ2v) is 5.26. The van der Waals surface area contributed by atoms with Gasteiger partial charge in [-0.2, -0.15) is 0 Å². The van der Waals surface area contributed by atoms with Gasteiger partial charge in [0.15, 0.2) is 0 Å². The number of unbranched alkanes of at least 4 members (excludes halogenated alkanes) is 2. The molecular formula is C15H32O2. The SMILES string of the molecule is CCCCC(CCO)CCCCC(CC)CO. The predicted octanol–water partition coefficient (Wildman–Crippen LogP) is 3.75. The zero-order valence-corrected chi connectivity index (χ0v) is 11.8. The quantitative estimate of drug-likeness (QED) is 0.513. The third-order valence-electron chi connectivity index (χ3n) is 3.81. The molecule has 0 radical (unpaired) electrons. The molecule has 2 heteroatoms. The van der Waals surface area contributed by atoms with Gasteiger partial charge in [-0.3, -0.25) is 0 Å². The zero-order valence-electron chi connectivity index (χ0n) is 11.8. The number of rotatable bonds is 12. The van der Waals surface area contributed by atoms with E-state index in [1.807, 2.05) is 0 Å². The molecule has 17 heavy (non-hydrogen) atoms. The maximum atomic E-state index is 9.10. The molecule has 0 spiro atoms. The molecule has 0 aromatic carbocycles. The van der Waals surface area contributed by atoms with Gasteiger partial charge < -0.3 is 10.2 Å². The average molecular weight is 244 g/mol. The van der Waals surface area contributed by atoms with Crippen LogP contribution in [0, 0.1) is 11.8 Å². The van der Waals surface area contributed by atoms with Crippen molar-refractivity contribution < 1.29 is 10.2 Å². The van der Waals surface area contributed by atoms with E-state index in [1.165, 1.54) is 38.5 Å². The van der Waals surface area contributed by atoms with Crippen LogP contribution in [0.15, 0.2) is 0 Å². The minimum atomic E-state index is 0.336. The van der Waals surface area contributed by atoms with Gasteiger partial charge in [0.2, 0.25) is 0 Å². The second-order valence-electron chi connectivity index (χ2n) is 5.26. The van der Waals surface area contributed by atoms with E-state index < -0.39 is 0 Å². The van der Waals surface area contributed by atoms with Crippen LogP contribution >= 0.6 is 0 Å². The van der Waals surface area contributed by atoms with Gasteiger partial charge in [-0.05, 0) is 24.7 Å². The standard InChI is InChI=1S/C15H32O2/c1-3-5-8-15(11-12-16)10-7-6-9-14(4-2)13-17/h14-17H,3-13H2,1-2H3. The Balaban J connectivity index is 3.58. The molecule has 0 fully saturated rings. The third kappa shape index (κ3) is 9.61. The normalized spacial score (nSPS) is 14.8. The average Bonchev–Trinajstić information content (AvgIpc) is 2.36. The minimum absolute atomic E-state index is 0.336. The minimum Gasteiger partial charge on any atom is -0.396 e. The van der Waals surface area contributed by atoms with E-state index in [0.717, 1.165) is 19.3 Å². The van der Waals surface area contributed by atoms with Gasteiger partial charge in [-0.25, -0.2) is 0 Å². The summed E-state index contributed by atoms with van der Waals surface area (Å²) in [5.74, 6) is 1.22. The van der Waals surface area contributed by atoms with E-state index in [-0.39, 0.29) is 0 Å². The Labute approximate surface area is 107 Å². The summed E-state index contributed by atoms with van der Waals surface area (Å²) in [4.78, 5) is 0. The molecular weight excluding hydrogens is 212 g/mol. The topological polar surface area (TPSA) is 40.5 Å². The van der Waals surface area contributed by atoms with Crippen molar-refractivity contribution in [1.29, 1.82) is 0 Å². The lowest BCUT2D eigenvalue weighted by Crippen LogP contribution is -2.06. The summed E-state index contributed by atoms with van der Waals surface area (Å²) in [5, 5.41) is 18.1. The molecule has 2 unspecified atom stereocenters. The van der Waals surface area contributed by atoms with Crippen molar-refractivity contribution in [3.8, 4) is 0 Å². The van der Waals surface area contributed by atoms with Gasteiger partial charge in [0, 0.05) is 13.2 Å². The molecule has 2 nitrogen and oxygen atoms in total. The predicted molar refractivity (Wildman–Crippen MR) is 74.1 cm³/mol. The van der Waals surface area contributed by atoms with E-state index in [2.05, 4.69) is 13.8 Å². The third-order valence-corrected chi connectivity index (χ3v) is 3.81. The lowest BCUT2D eigenvalue weighted by atomic mass is 9.91. The first-order valence-electron chi connectivity index (χ1n) is 7.50. The first kappa shape index (κ1) is 16.9. The highest BCUT2D eigenvalue weighted by molar-refractivity contribution is 4.61. The Morgan fingerprint density at radius 1 is 0.765 bits per heavy atom. The summed E-state index contributed by atoms with van der Waals surface area (Å²) in [6.07, 6.45) is 10.8. The lowest BCUT2D eigenvalue weighted by molar-refractivity contribution is 0.208. The van der Waals surface area contributed by atoms with Crippen molar-refractivity contribution in [2.24, 2.45) is 11.8 Å². The Bertz CT molecular complexity index is 144. The van der Waals surface area contributed by atoms with Crippen molar-refractivity contribution in [2.45, 2.75) is 71.6 Å². The molecule has 0 saturated carbocycles. The molecule has 0 bridgehead atoms. The summed E-state index contributed by atoms with van der Waals surface area (Å²) < 4.78 is 0. The molecule has 0 saturated heterocycles. The molecule has 0 aliphatic rings. The van der Waals surface area contributed by atoms with Crippen LogP contribution in [0.4, 0.5) is 0 Å². The molecule has 0 aromatic heterocycles. The number of aliphatic hydroxyl groups is 2. The summed E-state index contributed by atoms with van der Waals surface area (Å²) in [5.41, 5.74) is 0. The van der Waals surface area contributed by atoms with Crippen molar-refractivity contribution in [1.82, 2.24) is 0 Å². The van der Waals surface area contributed by atoms with Gasteiger partial charge in [-0.15, -0.1) is 0 Å². The van der Waals surface area contributed by atoms with Gasteiger partial charge in [0.25, 0.3) is 0 Å². The first-order valence-corrected chi connectivity index (χ1v) is 7.50. The Morgan fingerprint density at radius 3 is 1.82 bits per heavy atom. The fourth-order valence-corrected chi connectivity index (χ4v) is 2.40. The molecule has 0 heterocycles. The maximum absolute atomic E-state index is 9.10. The van der Waals surface area contributed by atoms with E-state index in [9.17, 15) is 0 Å². The number of hydrogen-bond acceptors (Lipinski definition) is 2. The van der Waals surface area contributed by atoms with Gasteiger partial charge in [-0.1, -0.05) is 58.8 Å². The zero-order chi connectivity index (χ0) is 12.9.